The molecule has 33 atom stereocenters. The van der Waals surface area contributed by atoms with E-state index in [-0.39, 0.29) is 47.5 Å². The summed E-state index contributed by atoms with van der Waals surface area (Å²) < 4.78 is 54.2. The largest absolute Gasteiger partial charge is 0.400 e. The molecule has 88 heavy (non-hydrogen) atoms. The van der Waals surface area contributed by atoms with Gasteiger partial charge in [-0.25, -0.2) is 0 Å². The number of ether oxygens (including phenoxy) is 9. The summed E-state index contributed by atoms with van der Waals surface area (Å²) >= 11 is 0. The maximum absolute atomic E-state index is 12.8. The molecule has 514 valence electrons. The third-order valence-corrected chi connectivity index (χ3v) is 22.4. The first-order valence-electron chi connectivity index (χ1n) is 31.5. The van der Waals surface area contributed by atoms with Crippen LogP contribution in [0.15, 0.2) is 11.6 Å². The minimum atomic E-state index is -1.92. The van der Waals surface area contributed by atoms with E-state index < -0.39 is 202 Å². The van der Waals surface area contributed by atoms with Crippen LogP contribution in [0.2, 0.25) is 0 Å². The molecule has 3 saturated carbocycles. The summed E-state index contributed by atoms with van der Waals surface area (Å²) in [7, 11) is 1.00. The molecule has 27 heteroatoms. The number of aliphatic hydroxyl groups excluding tert-OH is 17. The first kappa shape index (κ1) is 74.1. The Hall–Kier alpha value is -1.34. The van der Waals surface area contributed by atoms with Gasteiger partial charge < -0.3 is 135 Å². The Morgan fingerprint density at radius 2 is 1.17 bits per heavy atom. The SMILES string of the molecule is CO.C[C@@H]1[C@@H](O)[C@H](OC[C@H]2O[C@@H](O[C@H](CC[C@@H](C)C3CC[C@@]4(C)C5CC=C6C(CC[C@H](O[C@@H]7O[C@H](COC[C@H](O)[C@@H](O)[C@@H](C)O)[C@@H](O)[C@H](O)[C@H]7O)C6(C)C)[C@]5(C)[C@H](O)C[C@]34C)C(C)(C)O)[C@H](O[C@@H]3O[C@H](CO)[C@@H](O)[C@H](O)[C@H]3O)[C@@H](O)[C@@H]2O)O[C@H](CO)[C@H]1O. The fourth-order valence-corrected chi connectivity index (χ4v) is 16.5. The van der Waals surface area contributed by atoms with E-state index in [0.29, 0.717) is 32.1 Å². The molecule has 7 fully saturated rings. The average molecular weight is 1270 g/mol. The normalized spacial score (nSPS) is 47.9. The van der Waals surface area contributed by atoms with Crippen molar-refractivity contribution in [2.24, 2.45) is 51.2 Å². The highest BCUT2D eigenvalue weighted by Gasteiger charge is 2.70. The van der Waals surface area contributed by atoms with E-state index in [9.17, 15) is 86.8 Å². The van der Waals surface area contributed by atoms with E-state index in [1.165, 1.54) is 27.7 Å². The Kier molecular flexibility index (Phi) is 24.7. The van der Waals surface area contributed by atoms with Gasteiger partial charge in [-0.1, -0.05) is 60.1 Å². The molecule has 0 aromatic heterocycles. The molecular weight excluding hydrogens is 1160 g/mol. The predicted octanol–water partition coefficient (Wildman–Crippen LogP) is -3.22. The lowest BCUT2D eigenvalue weighted by Crippen LogP contribution is -2.65. The summed E-state index contributed by atoms with van der Waals surface area (Å²) in [5.74, 6) is -0.664. The van der Waals surface area contributed by atoms with Crippen LogP contribution in [0.1, 0.15) is 121 Å². The van der Waals surface area contributed by atoms with Crippen LogP contribution in [-0.4, -0.2) is 291 Å². The standard InChI is InChI=1S/C60H104O26.CH4O/c1-25(11-15-39(57(6,7)77)85-55-51(86-54-50(76)46(72)43(69)33(21-62)81-54)48(74)45(71)35(83-55)24-79-52-41(67)26(2)40(66)32(20-61)80-52)28-17-18-58(8)36-14-12-29-30(60(36,10)37(65)19-59(28,58)9)13-16-38(56(29,4)5)84-53-49(75)47(73)44(70)34(82-53)23-78-22-31(64)42(68)27(3)63;1-2/h12,25-28,30-55,61-77H,11,13-24H2,1-10H3;2H,1H3/t25-,26+,27-,28?,30?,31+,32-,33-,34-,35-,36?,37-,38+,39-,40+,41-,42+,43-,44-,45-,46+,47+,48+,49-,50-,51-,52-,53+,54+,55+,58+,59-,60+;/m1./s1. The van der Waals surface area contributed by atoms with Crippen molar-refractivity contribution in [2.75, 3.05) is 40.1 Å². The Bertz CT molecular complexity index is 2220. The van der Waals surface area contributed by atoms with E-state index >= 15 is 0 Å². The predicted molar refractivity (Wildman–Crippen MR) is 306 cm³/mol. The van der Waals surface area contributed by atoms with Crippen LogP contribution >= 0.6 is 0 Å². The first-order valence-corrected chi connectivity index (χ1v) is 31.5. The van der Waals surface area contributed by atoms with Gasteiger partial charge in [-0.05, 0) is 107 Å². The molecule has 3 unspecified atom stereocenters. The Labute approximate surface area is 515 Å². The summed E-state index contributed by atoms with van der Waals surface area (Å²) in [5.41, 5.74) is -2.24. The first-order chi connectivity index (χ1) is 41.1. The monoisotopic (exact) mass is 1270 g/mol. The second-order valence-electron chi connectivity index (χ2n) is 28.4. The molecule has 8 aliphatic rings. The third kappa shape index (κ3) is 14.1. The number of aliphatic hydroxyl groups is 18. The number of fused-ring (bicyclic) bond motifs is 5. The molecule has 0 amide bonds. The number of hydrogen-bond donors (Lipinski definition) is 18. The smallest absolute Gasteiger partial charge is 0.187 e. The molecule has 0 bridgehead atoms. The second-order valence-corrected chi connectivity index (χ2v) is 28.4. The minimum absolute atomic E-state index is 0.00154. The Balaban J connectivity index is 0.00000547. The van der Waals surface area contributed by atoms with Crippen LogP contribution < -0.4 is 0 Å². The second kappa shape index (κ2) is 29.3. The molecule has 4 aliphatic carbocycles. The lowest BCUT2D eigenvalue weighted by atomic mass is 9.38. The van der Waals surface area contributed by atoms with Gasteiger partial charge in [0.05, 0.1) is 69.2 Å². The van der Waals surface area contributed by atoms with Crippen LogP contribution in [0, 0.1) is 51.2 Å². The summed E-state index contributed by atoms with van der Waals surface area (Å²) in [6.07, 6.45) is -29.0. The lowest BCUT2D eigenvalue weighted by molar-refractivity contribution is -0.380. The Morgan fingerprint density at radius 3 is 1.77 bits per heavy atom. The van der Waals surface area contributed by atoms with Crippen molar-refractivity contribution in [3.05, 3.63) is 11.6 Å². The molecule has 27 nitrogen and oxygen atoms in total. The van der Waals surface area contributed by atoms with Crippen LogP contribution in [0.3, 0.4) is 0 Å². The zero-order valence-electron chi connectivity index (χ0n) is 52.8. The van der Waals surface area contributed by atoms with Crippen molar-refractivity contribution >= 4 is 0 Å². The van der Waals surface area contributed by atoms with E-state index in [0.717, 1.165) is 25.5 Å². The van der Waals surface area contributed by atoms with Gasteiger partial charge in [-0.2, -0.15) is 0 Å². The highest BCUT2D eigenvalue weighted by atomic mass is 16.8. The molecule has 4 aliphatic heterocycles. The van der Waals surface area contributed by atoms with Crippen molar-refractivity contribution < 1.29 is 135 Å². The maximum Gasteiger partial charge on any atom is 0.187 e. The van der Waals surface area contributed by atoms with Gasteiger partial charge in [0.25, 0.3) is 0 Å². The fraction of sp³-hybridized carbons (Fsp3) is 0.967. The molecule has 0 aromatic carbocycles. The summed E-state index contributed by atoms with van der Waals surface area (Å²) in [4.78, 5) is 0. The van der Waals surface area contributed by atoms with Gasteiger partial charge in [-0.3, -0.25) is 0 Å². The van der Waals surface area contributed by atoms with Crippen LogP contribution in [0.5, 0.6) is 0 Å². The van der Waals surface area contributed by atoms with E-state index in [1.807, 2.05) is 0 Å². The zero-order valence-corrected chi connectivity index (χ0v) is 52.8. The van der Waals surface area contributed by atoms with Crippen molar-refractivity contribution in [1.82, 2.24) is 0 Å². The summed E-state index contributed by atoms with van der Waals surface area (Å²) in [6.45, 7) is 16.5. The lowest BCUT2D eigenvalue weighted by Gasteiger charge is -2.67. The van der Waals surface area contributed by atoms with E-state index in [4.69, 9.17) is 47.7 Å². The van der Waals surface area contributed by atoms with Crippen LogP contribution in [0.4, 0.5) is 0 Å². The van der Waals surface area contributed by atoms with Crippen LogP contribution in [0.25, 0.3) is 0 Å². The number of rotatable bonds is 22. The van der Waals surface area contributed by atoms with Gasteiger partial charge in [-0.15, -0.1) is 0 Å². The van der Waals surface area contributed by atoms with Gasteiger partial charge in [0.2, 0.25) is 0 Å². The van der Waals surface area contributed by atoms with E-state index in [1.54, 1.807) is 0 Å². The third-order valence-electron chi connectivity index (χ3n) is 22.4. The quantitative estimate of drug-likeness (QED) is 0.0474. The van der Waals surface area contributed by atoms with Crippen molar-refractivity contribution in [2.45, 2.75) is 280 Å². The summed E-state index contributed by atoms with van der Waals surface area (Å²) in [5, 5.41) is 191. The molecule has 4 heterocycles. The van der Waals surface area contributed by atoms with Crippen LogP contribution in [-0.2, 0) is 42.6 Å². The molecule has 8 rings (SSSR count). The highest BCUT2D eigenvalue weighted by molar-refractivity contribution is 5.32. The molecule has 4 saturated heterocycles. The van der Waals surface area contributed by atoms with Gasteiger partial charge >= 0.3 is 0 Å². The Morgan fingerprint density at radius 1 is 0.625 bits per heavy atom. The summed E-state index contributed by atoms with van der Waals surface area (Å²) in [6, 6.07) is 0. The van der Waals surface area contributed by atoms with E-state index in [2.05, 4.69) is 47.6 Å². The number of allylic oxidation sites excluding steroid dienone is 1. The minimum Gasteiger partial charge on any atom is -0.400 e. The van der Waals surface area contributed by atoms with Gasteiger partial charge in [0.1, 0.15) is 97.7 Å². The molecule has 0 aromatic rings. The molecular formula is C61H108O27. The molecule has 0 radical (unpaired) electrons. The number of hydrogen-bond acceptors (Lipinski definition) is 27. The van der Waals surface area contributed by atoms with Gasteiger partial charge in [0.15, 0.2) is 25.2 Å². The molecule has 18 N–H and O–H groups in total. The van der Waals surface area contributed by atoms with Crippen molar-refractivity contribution in [3.63, 3.8) is 0 Å². The topological polar surface area (TPSA) is 447 Å². The highest BCUT2D eigenvalue weighted by Crippen LogP contribution is 2.75. The maximum atomic E-state index is 12.8. The van der Waals surface area contributed by atoms with Crippen molar-refractivity contribution in [1.29, 1.82) is 0 Å². The zero-order chi connectivity index (χ0) is 65.7. The molecule has 0 spiro atoms. The van der Waals surface area contributed by atoms with Gasteiger partial charge in [0, 0.05) is 23.9 Å². The average Bonchev–Trinajstić information content (AvgIpc) is 1.30. The fourth-order valence-electron chi connectivity index (χ4n) is 16.5. The van der Waals surface area contributed by atoms with Crippen molar-refractivity contribution in [3.8, 4) is 0 Å².